The summed E-state index contributed by atoms with van der Waals surface area (Å²) in [6.45, 7) is 0. The number of benzene rings is 2. The Morgan fingerprint density at radius 3 is 1.91 bits per heavy atom. The van der Waals surface area contributed by atoms with Crippen LogP contribution in [0, 0.1) is 0 Å². The summed E-state index contributed by atoms with van der Waals surface area (Å²) in [5.74, 6) is 0. The monoisotopic (exact) mass is 290 g/mol. The number of aryl methyl sites for hydroxylation is 1. The van der Waals surface area contributed by atoms with E-state index in [-0.39, 0.29) is 0 Å². The molecule has 1 heterocycles. The Kier molecular flexibility index (Phi) is 4.62. The maximum atomic E-state index is 10.3. The van der Waals surface area contributed by atoms with E-state index in [1.165, 1.54) is 11.1 Å². The predicted octanol–water partition coefficient (Wildman–Crippen LogP) is 3.76. The van der Waals surface area contributed by atoms with Crippen LogP contribution in [0.5, 0.6) is 0 Å². The van der Waals surface area contributed by atoms with E-state index in [1.807, 2.05) is 65.5 Å². The molecular weight excluding hydrogens is 270 g/mol. The van der Waals surface area contributed by atoms with Crippen molar-refractivity contribution in [3.63, 3.8) is 0 Å². The Hall–Kier alpha value is -2.45. The minimum absolute atomic E-state index is 0.495. The number of rotatable bonds is 5. The average Bonchev–Trinajstić information content (AvgIpc) is 2.61. The van der Waals surface area contributed by atoms with Crippen LogP contribution >= 0.6 is 0 Å². The Balaban J connectivity index is 1.65. The van der Waals surface area contributed by atoms with Gasteiger partial charge in [-0.05, 0) is 23.1 Å². The van der Waals surface area contributed by atoms with Crippen molar-refractivity contribution >= 4 is 0 Å². The molecule has 1 aromatic heterocycles. The first kappa shape index (κ1) is 14.5. The van der Waals surface area contributed by atoms with Crippen LogP contribution < -0.4 is 4.57 Å². The molecule has 2 nitrogen and oxygen atoms in total. The molecule has 0 spiro atoms. The lowest BCUT2D eigenvalue weighted by atomic mass is 10.1. The largest absolute Gasteiger partial charge is 0.337 e. The summed E-state index contributed by atoms with van der Waals surface area (Å²) < 4.78 is 1.86. The minimum Gasteiger partial charge on any atom is -0.337 e. The Morgan fingerprint density at radius 2 is 1.27 bits per heavy atom. The number of nitrogens with zero attached hydrogens (tertiary/aromatic N) is 1. The van der Waals surface area contributed by atoms with Crippen molar-refractivity contribution in [1.29, 1.82) is 0 Å². The van der Waals surface area contributed by atoms with Gasteiger partial charge in [-0.25, -0.2) is 0 Å². The molecule has 3 aromatic rings. The zero-order chi connectivity index (χ0) is 15.2. The summed E-state index contributed by atoms with van der Waals surface area (Å²) in [6.07, 6.45) is 4.97. The van der Waals surface area contributed by atoms with Crippen LogP contribution in [0.1, 0.15) is 18.2 Å². The third-order valence-electron chi connectivity index (χ3n) is 3.84. The molecule has 0 amide bonds. The fraction of sp³-hybridized carbons (Fsp3) is 0.150. The first-order chi connectivity index (χ1) is 10.8. The molecule has 0 aliphatic carbocycles. The average molecular weight is 290 g/mol. The van der Waals surface area contributed by atoms with E-state index in [9.17, 15) is 5.11 Å². The normalized spacial score (nSPS) is 12.0. The van der Waals surface area contributed by atoms with Crippen molar-refractivity contribution in [3.8, 4) is 11.1 Å². The van der Waals surface area contributed by atoms with Crippen molar-refractivity contribution in [2.75, 3.05) is 0 Å². The fourth-order valence-corrected chi connectivity index (χ4v) is 2.55. The van der Waals surface area contributed by atoms with Gasteiger partial charge >= 0.3 is 0 Å². The van der Waals surface area contributed by atoms with Crippen LogP contribution in [0.3, 0.4) is 0 Å². The molecule has 0 saturated heterocycles. The third-order valence-corrected chi connectivity index (χ3v) is 3.84. The molecule has 1 N–H and O–H groups in total. The van der Waals surface area contributed by atoms with E-state index in [0.29, 0.717) is 6.42 Å². The van der Waals surface area contributed by atoms with Crippen molar-refractivity contribution in [2.45, 2.75) is 19.1 Å². The van der Waals surface area contributed by atoms with E-state index < -0.39 is 6.23 Å². The van der Waals surface area contributed by atoms with Crippen molar-refractivity contribution < 1.29 is 9.67 Å². The van der Waals surface area contributed by atoms with Crippen molar-refractivity contribution in [1.82, 2.24) is 0 Å². The second-order valence-electron chi connectivity index (χ2n) is 5.40. The molecule has 0 aliphatic rings. The van der Waals surface area contributed by atoms with Gasteiger partial charge < -0.3 is 5.11 Å². The van der Waals surface area contributed by atoms with Crippen LogP contribution in [-0.4, -0.2) is 5.11 Å². The molecule has 1 atom stereocenters. The first-order valence-electron chi connectivity index (χ1n) is 7.61. The number of aliphatic hydroxyl groups is 1. The number of hydrogen-bond donors (Lipinski definition) is 1. The van der Waals surface area contributed by atoms with Crippen molar-refractivity contribution in [2.24, 2.45) is 0 Å². The van der Waals surface area contributed by atoms with Gasteiger partial charge in [0.1, 0.15) is 0 Å². The van der Waals surface area contributed by atoms with Crippen LogP contribution in [0.15, 0.2) is 85.2 Å². The van der Waals surface area contributed by atoms with Gasteiger partial charge in [-0.2, -0.15) is 4.57 Å². The lowest BCUT2D eigenvalue weighted by Crippen LogP contribution is -2.38. The Labute approximate surface area is 131 Å². The molecule has 0 saturated carbocycles. The number of aromatic nitrogens is 1. The predicted molar refractivity (Wildman–Crippen MR) is 88.1 cm³/mol. The second-order valence-corrected chi connectivity index (χ2v) is 5.40. The highest BCUT2D eigenvalue weighted by molar-refractivity contribution is 5.61. The van der Waals surface area contributed by atoms with Gasteiger partial charge in [-0.15, -0.1) is 0 Å². The summed E-state index contributed by atoms with van der Waals surface area (Å²) in [6, 6.07) is 24.6. The molecule has 0 unspecified atom stereocenters. The lowest BCUT2D eigenvalue weighted by Gasteiger charge is -2.07. The van der Waals surface area contributed by atoms with Crippen LogP contribution in [-0.2, 0) is 6.42 Å². The van der Waals surface area contributed by atoms with Crippen LogP contribution in [0.25, 0.3) is 11.1 Å². The number of hydrogen-bond acceptors (Lipinski definition) is 1. The Bertz CT molecular complexity index is 693. The van der Waals surface area contributed by atoms with Gasteiger partial charge in [0.25, 0.3) is 6.23 Å². The third kappa shape index (κ3) is 3.60. The van der Waals surface area contributed by atoms with E-state index in [0.717, 1.165) is 12.0 Å². The molecule has 110 valence electrons. The molecule has 0 fully saturated rings. The highest BCUT2D eigenvalue weighted by Gasteiger charge is 2.14. The standard InChI is InChI=1S/C20H20NO/c22-20(12-11-17-7-3-1-4-8-17)21-15-13-19(14-16-21)18-9-5-2-6-10-18/h1-10,13-16,20,22H,11-12H2/q+1/t20-/m1/s1. The molecule has 2 aromatic carbocycles. The zero-order valence-corrected chi connectivity index (χ0v) is 12.5. The lowest BCUT2D eigenvalue weighted by molar-refractivity contribution is -0.760. The minimum atomic E-state index is -0.495. The highest BCUT2D eigenvalue weighted by Crippen LogP contribution is 2.17. The Morgan fingerprint density at radius 1 is 0.727 bits per heavy atom. The quantitative estimate of drug-likeness (QED) is 0.711. The fourth-order valence-electron chi connectivity index (χ4n) is 2.55. The van der Waals surface area contributed by atoms with Gasteiger partial charge in [0.15, 0.2) is 12.4 Å². The van der Waals surface area contributed by atoms with E-state index in [4.69, 9.17) is 0 Å². The molecule has 0 radical (unpaired) electrons. The van der Waals surface area contributed by atoms with E-state index in [2.05, 4.69) is 24.3 Å². The van der Waals surface area contributed by atoms with Gasteiger partial charge in [0.05, 0.1) is 0 Å². The maximum Gasteiger partial charge on any atom is 0.260 e. The molecular formula is C20H20NO+. The zero-order valence-electron chi connectivity index (χ0n) is 12.5. The summed E-state index contributed by atoms with van der Waals surface area (Å²) in [7, 11) is 0. The number of pyridine rings is 1. The maximum absolute atomic E-state index is 10.3. The molecule has 0 aliphatic heterocycles. The first-order valence-corrected chi connectivity index (χ1v) is 7.61. The summed E-state index contributed by atoms with van der Waals surface area (Å²) >= 11 is 0. The smallest absolute Gasteiger partial charge is 0.260 e. The van der Waals surface area contributed by atoms with E-state index in [1.54, 1.807) is 0 Å². The van der Waals surface area contributed by atoms with Gasteiger partial charge in [0.2, 0.25) is 0 Å². The SMILES string of the molecule is O[C@H](CCc1ccccc1)[n+]1ccc(-c2ccccc2)cc1. The molecule has 2 heteroatoms. The van der Waals surface area contributed by atoms with Crippen LogP contribution in [0.2, 0.25) is 0 Å². The molecule has 0 bridgehead atoms. The number of aliphatic hydroxyl groups excluding tert-OH is 1. The van der Waals surface area contributed by atoms with Crippen LogP contribution in [0.4, 0.5) is 0 Å². The van der Waals surface area contributed by atoms with E-state index >= 15 is 0 Å². The molecule has 3 rings (SSSR count). The van der Waals surface area contributed by atoms with Gasteiger partial charge in [0, 0.05) is 18.6 Å². The second kappa shape index (κ2) is 7.01. The summed E-state index contributed by atoms with van der Waals surface area (Å²) in [4.78, 5) is 0. The molecule has 22 heavy (non-hydrogen) atoms. The highest BCUT2D eigenvalue weighted by atomic mass is 16.3. The van der Waals surface area contributed by atoms with Crippen molar-refractivity contribution in [3.05, 3.63) is 90.8 Å². The summed E-state index contributed by atoms with van der Waals surface area (Å²) in [5.41, 5.74) is 3.60. The van der Waals surface area contributed by atoms with Gasteiger partial charge in [-0.3, -0.25) is 0 Å². The topological polar surface area (TPSA) is 24.1 Å². The summed E-state index contributed by atoms with van der Waals surface area (Å²) in [5, 5.41) is 10.3. The van der Waals surface area contributed by atoms with Gasteiger partial charge in [-0.1, -0.05) is 60.7 Å².